The molecule has 2 rings (SSSR count). The Morgan fingerprint density at radius 1 is 1.37 bits per heavy atom. The topological polar surface area (TPSA) is 61.6 Å². The van der Waals surface area contributed by atoms with Crippen molar-refractivity contribution in [2.75, 3.05) is 5.32 Å². The fourth-order valence-electron chi connectivity index (χ4n) is 1.34. The Morgan fingerprint density at radius 3 is 2.74 bits per heavy atom. The SMILES string of the molecule is N#Cc1ccc(C(F)(F)F)nc1NCc1nccs1. The van der Waals surface area contributed by atoms with Crippen molar-refractivity contribution >= 4 is 17.2 Å². The average molecular weight is 284 g/mol. The molecule has 2 aromatic heterocycles. The van der Waals surface area contributed by atoms with Crippen LogP contribution in [0.2, 0.25) is 0 Å². The lowest BCUT2D eigenvalue weighted by molar-refractivity contribution is -0.141. The molecule has 0 spiro atoms. The van der Waals surface area contributed by atoms with E-state index < -0.39 is 11.9 Å². The molecule has 8 heteroatoms. The van der Waals surface area contributed by atoms with Crippen LogP contribution in [0.3, 0.4) is 0 Å². The number of halogens is 3. The summed E-state index contributed by atoms with van der Waals surface area (Å²) in [6.45, 7) is 0.223. The summed E-state index contributed by atoms with van der Waals surface area (Å²) in [4.78, 5) is 7.41. The lowest BCUT2D eigenvalue weighted by Crippen LogP contribution is -2.11. The molecule has 0 aliphatic rings. The molecule has 0 fully saturated rings. The Hall–Kier alpha value is -2.14. The number of nitrogens with zero attached hydrogens (tertiary/aromatic N) is 3. The summed E-state index contributed by atoms with van der Waals surface area (Å²) in [7, 11) is 0. The Morgan fingerprint density at radius 2 is 2.16 bits per heavy atom. The number of hydrogen-bond donors (Lipinski definition) is 1. The maximum absolute atomic E-state index is 12.5. The first-order valence-corrected chi connectivity index (χ1v) is 5.99. The summed E-state index contributed by atoms with van der Waals surface area (Å²) in [6, 6.07) is 3.68. The van der Waals surface area contributed by atoms with Crippen molar-refractivity contribution in [2.45, 2.75) is 12.7 Å². The van der Waals surface area contributed by atoms with Gasteiger partial charge in [0.2, 0.25) is 0 Å². The second-order valence-corrected chi connectivity index (χ2v) is 4.46. The van der Waals surface area contributed by atoms with Crippen LogP contribution in [-0.2, 0) is 12.7 Å². The summed E-state index contributed by atoms with van der Waals surface area (Å²) in [5, 5.41) is 14.0. The van der Waals surface area contributed by atoms with Crippen LogP contribution in [0.1, 0.15) is 16.3 Å². The van der Waals surface area contributed by atoms with E-state index in [-0.39, 0.29) is 17.9 Å². The van der Waals surface area contributed by atoms with Gasteiger partial charge >= 0.3 is 6.18 Å². The van der Waals surface area contributed by atoms with Crippen LogP contribution < -0.4 is 5.32 Å². The lowest BCUT2D eigenvalue weighted by Gasteiger charge is -2.10. The Bertz CT molecular complexity index is 601. The summed E-state index contributed by atoms with van der Waals surface area (Å²) in [5.41, 5.74) is -0.974. The number of hydrogen-bond acceptors (Lipinski definition) is 5. The minimum atomic E-state index is -4.54. The lowest BCUT2D eigenvalue weighted by atomic mass is 10.2. The molecule has 2 aromatic rings. The Balaban J connectivity index is 2.24. The predicted molar refractivity (Wildman–Crippen MR) is 63.4 cm³/mol. The van der Waals surface area contributed by atoms with E-state index >= 15 is 0 Å². The summed E-state index contributed by atoms with van der Waals surface area (Å²) >= 11 is 1.36. The van der Waals surface area contributed by atoms with Crippen LogP contribution in [0, 0.1) is 11.3 Å². The first kappa shape index (κ1) is 13.3. The summed E-state index contributed by atoms with van der Waals surface area (Å²) < 4.78 is 37.6. The highest BCUT2D eigenvalue weighted by atomic mass is 32.1. The van der Waals surface area contributed by atoms with E-state index in [0.29, 0.717) is 5.01 Å². The zero-order chi connectivity index (χ0) is 13.9. The van der Waals surface area contributed by atoms with Gasteiger partial charge in [-0.25, -0.2) is 9.97 Å². The van der Waals surface area contributed by atoms with Crippen molar-refractivity contribution in [2.24, 2.45) is 0 Å². The van der Waals surface area contributed by atoms with Gasteiger partial charge in [-0.15, -0.1) is 11.3 Å². The van der Waals surface area contributed by atoms with E-state index in [2.05, 4.69) is 15.3 Å². The largest absolute Gasteiger partial charge is 0.433 e. The van der Waals surface area contributed by atoms with Crippen molar-refractivity contribution < 1.29 is 13.2 Å². The molecule has 0 unspecified atom stereocenters. The van der Waals surface area contributed by atoms with Crippen molar-refractivity contribution in [1.29, 1.82) is 5.26 Å². The standard InChI is InChI=1S/C11H7F3N4S/c12-11(13,14)8-2-1-7(5-15)10(18-8)17-6-9-16-3-4-19-9/h1-4H,6H2,(H,17,18). The van der Waals surface area contributed by atoms with Crippen LogP contribution in [0.15, 0.2) is 23.7 Å². The molecule has 2 heterocycles. The zero-order valence-electron chi connectivity index (χ0n) is 9.40. The van der Waals surface area contributed by atoms with Crippen LogP contribution >= 0.6 is 11.3 Å². The molecule has 0 atom stereocenters. The van der Waals surface area contributed by atoms with Crippen molar-refractivity contribution in [1.82, 2.24) is 9.97 Å². The van der Waals surface area contributed by atoms with E-state index in [1.54, 1.807) is 17.6 Å². The van der Waals surface area contributed by atoms with Gasteiger partial charge in [-0.2, -0.15) is 18.4 Å². The summed E-state index contributed by atoms with van der Waals surface area (Å²) in [5.74, 6) is -0.0903. The molecular formula is C11H7F3N4S. The van der Waals surface area contributed by atoms with Crippen LogP contribution in [0.5, 0.6) is 0 Å². The number of thiazole rings is 1. The molecule has 0 aliphatic heterocycles. The van der Waals surface area contributed by atoms with Gasteiger partial charge in [-0.1, -0.05) is 0 Å². The normalized spacial score (nSPS) is 11.1. The second-order valence-electron chi connectivity index (χ2n) is 3.48. The van der Waals surface area contributed by atoms with E-state index in [1.165, 1.54) is 11.3 Å². The van der Waals surface area contributed by atoms with Gasteiger partial charge in [0.1, 0.15) is 22.6 Å². The van der Waals surface area contributed by atoms with Crippen molar-refractivity contribution in [3.05, 3.63) is 40.0 Å². The quantitative estimate of drug-likeness (QED) is 0.941. The molecule has 0 saturated carbocycles. The van der Waals surface area contributed by atoms with Gasteiger partial charge in [-0.05, 0) is 12.1 Å². The molecule has 0 aliphatic carbocycles. The molecule has 0 bridgehead atoms. The molecule has 0 saturated heterocycles. The highest BCUT2D eigenvalue weighted by Gasteiger charge is 2.33. The number of anilines is 1. The van der Waals surface area contributed by atoms with Gasteiger partial charge in [-0.3, -0.25) is 0 Å². The highest BCUT2D eigenvalue weighted by molar-refractivity contribution is 7.09. The Labute approximate surface area is 110 Å². The first-order valence-electron chi connectivity index (χ1n) is 5.11. The van der Waals surface area contributed by atoms with Gasteiger partial charge in [0.05, 0.1) is 12.1 Å². The molecule has 1 N–H and O–H groups in total. The van der Waals surface area contributed by atoms with Crippen LogP contribution in [0.25, 0.3) is 0 Å². The van der Waals surface area contributed by atoms with E-state index in [0.717, 1.165) is 12.1 Å². The number of pyridine rings is 1. The number of nitrogens with one attached hydrogen (secondary N) is 1. The fraction of sp³-hybridized carbons (Fsp3) is 0.182. The van der Waals surface area contributed by atoms with E-state index in [9.17, 15) is 13.2 Å². The minimum Gasteiger partial charge on any atom is -0.362 e. The highest BCUT2D eigenvalue weighted by Crippen LogP contribution is 2.29. The average Bonchev–Trinajstić information content (AvgIpc) is 2.88. The van der Waals surface area contributed by atoms with E-state index in [1.807, 2.05) is 0 Å². The Kier molecular flexibility index (Phi) is 3.66. The van der Waals surface area contributed by atoms with Gasteiger partial charge in [0.15, 0.2) is 0 Å². The number of aromatic nitrogens is 2. The maximum atomic E-state index is 12.5. The molecule has 0 radical (unpaired) electrons. The van der Waals surface area contributed by atoms with Gasteiger partial charge in [0, 0.05) is 11.6 Å². The smallest absolute Gasteiger partial charge is 0.362 e. The van der Waals surface area contributed by atoms with E-state index in [4.69, 9.17) is 5.26 Å². The second kappa shape index (κ2) is 5.24. The number of alkyl halides is 3. The third-order valence-corrected chi connectivity index (χ3v) is 2.98. The minimum absolute atomic E-state index is 0.0598. The summed E-state index contributed by atoms with van der Waals surface area (Å²) in [6.07, 6.45) is -2.95. The number of nitriles is 1. The molecular weight excluding hydrogens is 277 g/mol. The van der Waals surface area contributed by atoms with Crippen LogP contribution in [-0.4, -0.2) is 9.97 Å². The number of rotatable bonds is 3. The van der Waals surface area contributed by atoms with Gasteiger partial charge in [0.25, 0.3) is 0 Å². The predicted octanol–water partition coefficient (Wildman–Crippen LogP) is 3.04. The molecule has 4 nitrogen and oxygen atoms in total. The third-order valence-electron chi connectivity index (χ3n) is 2.20. The molecule has 19 heavy (non-hydrogen) atoms. The fourth-order valence-corrected chi connectivity index (χ4v) is 1.90. The van der Waals surface area contributed by atoms with Gasteiger partial charge < -0.3 is 5.32 Å². The molecule has 98 valence electrons. The molecule has 0 amide bonds. The van der Waals surface area contributed by atoms with Crippen LogP contribution in [0.4, 0.5) is 19.0 Å². The first-order chi connectivity index (χ1) is 9.00. The third kappa shape index (κ3) is 3.20. The maximum Gasteiger partial charge on any atom is 0.433 e. The van der Waals surface area contributed by atoms with Crippen molar-refractivity contribution in [3.8, 4) is 6.07 Å². The zero-order valence-corrected chi connectivity index (χ0v) is 10.2. The monoisotopic (exact) mass is 284 g/mol. The van der Waals surface area contributed by atoms with Crippen molar-refractivity contribution in [3.63, 3.8) is 0 Å². The molecule has 0 aromatic carbocycles.